The second-order valence-corrected chi connectivity index (χ2v) is 9.60. The first-order valence-electron chi connectivity index (χ1n) is 8.30. The Bertz CT molecular complexity index is 1170. The lowest BCUT2D eigenvalue weighted by molar-refractivity contribution is 0.415. The fourth-order valence-electron chi connectivity index (χ4n) is 2.55. The zero-order chi connectivity index (χ0) is 20.5. The Kier molecular flexibility index (Phi) is 7.69. The molecule has 3 rings (SSSR count). The Hall–Kier alpha value is -1.65. The smallest absolute Gasteiger partial charge is 0.242 e. The van der Waals surface area contributed by atoms with Crippen LogP contribution >= 0.6 is 39.9 Å². The second kappa shape index (κ2) is 9.44. The van der Waals surface area contributed by atoms with Crippen molar-refractivity contribution in [3.63, 3.8) is 0 Å². The molecule has 0 radical (unpaired) electrons. The van der Waals surface area contributed by atoms with Gasteiger partial charge in [0.25, 0.3) is 0 Å². The quantitative estimate of drug-likeness (QED) is 0.500. The molecule has 0 amide bonds. The Morgan fingerprint density at radius 1 is 1.14 bits per heavy atom. The molecule has 0 saturated heterocycles. The minimum atomic E-state index is -3.55. The summed E-state index contributed by atoms with van der Waals surface area (Å²) in [5.74, 6) is 0.765. The van der Waals surface area contributed by atoms with Crippen LogP contribution in [0.1, 0.15) is 0 Å². The molecule has 0 aliphatic carbocycles. The van der Waals surface area contributed by atoms with E-state index >= 15 is 0 Å². The largest absolute Gasteiger partial charge is 0.497 e. The minimum absolute atomic E-state index is 0. The van der Waals surface area contributed by atoms with Gasteiger partial charge < -0.3 is 9.30 Å². The topological polar surface area (TPSA) is 63.9 Å². The van der Waals surface area contributed by atoms with Gasteiger partial charge in [-0.05, 0) is 42.5 Å². The molecule has 0 aliphatic rings. The first-order chi connectivity index (χ1) is 13.2. The van der Waals surface area contributed by atoms with Crippen LogP contribution in [0, 0.1) is 0 Å². The van der Waals surface area contributed by atoms with Crippen LogP contribution in [-0.2, 0) is 17.1 Å². The van der Waals surface area contributed by atoms with Gasteiger partial charge in [0.15, 0.2) is 4.80 Å². The molecule has 1 aromatic heterocycles. The first-order valence-corrected chi connectivity index (χ1v) is 11.0. The highest BCUT2D eigenvalue weighted by molar-refractivity contribution is 8.93. The van der Waals surface area contributed by atoms with Crippen LogP contribution in [0.5, 0.6) is 5.75 Å². The van der Waals surface area contributed by atoms with Crippen molar-refractivity contribution in [2.24, 2.45) is 12.0 Å². The third kappa shape index (κ3) is 4.92. The van der Waals surface area contributed by atoms with Crippen molar-refractivity contribution in [1.29, 1.82) is 0 Å². The second-order valence-electron chi connectivity index (χ2n) is 6.20. The number of hydrogen-bond donors (Lipinski definition) is 0. The molecule has 29 heavy (non-hydrogen) atoms. The van der Waals surface area contributed by atoms with Crippen LogP contribution in [0.25, 0.3) is 11.3 Å². The number of ether oxygens (including phenoxy) is 1. The van der Waals surface area contributed by atoms with Gasteiger partial charge in [-0.25, -0.2) is 17.7 Å². The van der Waals surface area contributed by atoms with E-state index in [0.29, 0.717) is 10.6 Å². The van der Waals surface area contributed by atoms with Gasteiger partial charge in [-0.15, -0.1) is 28.3 Å². The molecule has 0 aliphatic heterocycles. The highest BCUT2D eigenvalue weighted by Gasteiger charge is 2.20. The molecule has 10 heteroatoms. The molecule has 0 spiro atoms. The number of sulfonamides is 1. The molecule has 0 atom stereocenters. The molecular weight excluding hydrogens is 498 g/mol. The Balaban J connectivity index is 0.00000300. The van der Waals surface area contributed by atoms with E-state index in [1.165, 1.54) is 35.8 Å². The van der Waals surface area contributed by atoms with E-state index in [2.05, 4.69) is 4.99 Å². The number of benzene rings is 2. The maximum atomic E-state index is 12.5. The van der Waals surface area contributed by atoms with Crippen LogP contribution in [0.3, 0.4) is 0 Å². The van der Waals surface area contributed by atoms with E-state index < -0.39 is 10.0 Å². The minimum Gasteiger partial charge on any atom is -0.497 e. The summed E-state index contributed by atoms with van der Waals surface area (Å²) >= 11 is 7.82. The number of hydrogen-bond acceptors (Lipinski definition) is 5. The van der Waals surface area contributed by atoms with Crippen molar-refractivity contribution in [2.75, 3.05) is 21.2 Å². The van der Waals surface area contributed by atoms with E-state index in [0.717, 1.165) is 21.9 Å². The summed E-state index contributed by atoms with van der Waals surface area (Å²) in [6, 6.07) is 12.1. The van der Waals surface area contributed by atoms with Crippen molar-refractivity contribution in [2.45, 2.75) is 4.90 Å². The van der Waals surface area contributed by atoms with Gasteiger partial charge in [0.1, 0.15) is 5.75 Å². The van der Waals surface area contributed by atoms with Crippen molar-refractivity contribution in [3.8, 4) is 17.0 Å². The van der Waals surface area contributed by atoms with Crippen LogP contribution in [0.4, 0.5) is 5.69 Å². The number of halogens is 2. The monoisotopic (exact) mass is 517 g/mol. The summed E-state index contributed by atoms with van der Waals surface area (Å²) in [7, 11) is 2.94. The average molecular weight is 519 g/mol. The third-order valence-corrected chi connectivity index (χ3v) is 7.27. The molecule has 0 N–H and O–H groups in total. The van der Waals surface area contributed by atoms with Gasteiger partial charge in [0, 0.05) is 37.1 Å². The molecule has 0 bridgehead atoms. The average Bonchev–Trinajstić information content (AvgIpc) is 3.02. The van der Waals surface area contributed by atoms with Gasteiger partial charge in [0.2, 0.25) is 10.0 Å². The number of rotatable bonds is 5. The summed E-state index contributed by atoms with van der Waals surface area (Å²) < 4.78 is 33.2. The Labute approximate surface area is 189 Å². The fourth-order valence-corrected chi connectivity index (χ4v) is 4.61. The lowest BCUT2D eigenvalue weighted by Gasteiger charge is -2.13. The van der Waals surface area contributed by atoms with Crippen molar-refractivity contribution >= 4 is 55.6 Å². The van der Waals surface area contributed by atoms with Crippen molar-refractivity contribution in [1.82, 2.24) is 8.87 Å². The van der Waals surface area contributed by atoms with Gasteiger partial charge in [-0.1, -0.05) is 11.6 Å². The fraction of sp³-hybridized carbons (Fsp3) is 0.211. The summed E-state index contributed by atoms with van der Waals surface area (Å²) in [4.78, 5) is 5.60. The van der Waals surface area contributed by atoms with Crippen molar-refractivity contribution in [3.05, 3.63) is 57.7 Å². The molecule has 0 saturated carbocycles. The zero-order valence-corrected chi connectivity index (χ0v) is 20.4. The van der Waals surface area contributed by atoms with E-state index in [4.69, 9.17) is 16.3 Å². The highest BCUT2D eigenvalue weighted by Crippen LogP contribution is 2.31. The molecule has 0 unspecified atom stereocenters. The van der Waals surface area contributed by atoms with Gasteiger partial charge >= 0.3 is 0 Å². The first kappa shape index (κ1) is 23.6. The normalized spacial score (nSPS) is 12.1. The Morgan fingerprint density at radius 2 is 1.79 bits per heavy atom. The maximum absolute atomic E-state index is 12.5. The van der Waals surface area contributed by atoms with E-state index in [1.807, 2.05) is 41.3 Å². The number of thiazole rings is 1. The van der Waals surface area contributed by atoms with Crippen LogP contribution in [0.2, 0.25) is 5.02 Å². The maximum Gasteiger partial charge on any atom is 0.242 e. The van der Waals surface area contributed by atoms with Crippen LogP contribution in [0.15, 0.2) is 57.7 Å². The predicted octanol–water partition coefficient (Wildman–Crippen LogP) is 4.48. The zero-order valence-electron chi connectivity index (χ0n) is 16.3. The van der Waals surface area contributed by atoms with E-state index in [-0.39, 0.29) is 21.9 Å². The number of nitrogens with zero attached hydrogens (tertiary/aromatic N) is 3. The molecule has 1 heterocycles. The predicted molar refractivity (Wildman–Crippen MR) is 123 cm³/mol. The van der Waals surface area contributed by atoms with E-state index in [9.17, 15) is 8.42 Å². The standard InChI is InChI=1S/C19H20ClN3O3S2.BrH/c1-22(2)28(24,25)15-9-10-17(20)16(11-15)18-12-27-19(23(18)3)21-13-5-7-14(26-4)8-6-13;/h5-12H,1-4H3;1H/b21-19+;. The van der Waals surface area contributed by atoms with Gasteiger partial charge in [-0.3, -0.25) is 0 Å². The highest BCUT2D eigenvalue weighted by atomic mass is 79.9. The lowest BCUT2D eigenvalue weighted by Crippen LogP contribution is -2.22. The molecular formula is C19H21BrClN3O3S2. The molecule has 156 valence electrons. The molecule has 3 aromatic rings. The number of methoxy groups -OCH3 is 1. The Morgan fingerprint density at radius 3 is 2.38 bits per heavy atom. The summed E-state index contributed by atoms with van der Waals surface area (Å²) in [6.45, 7) is 0. The molecule has 2 aromatic carbocycles. The van der Waals surface area contributed by atoms with Crippen LogP contribution < -0.4 is 9.54 Å². The number of aromatic nitrogens is 1. The van der Waals surface area contributed by atoms with Crippen LogP contribution in [-0.4, -0.2) is 38.5 Å². The van der Waals surface area contributed by atoms with Crippen molar-refractivity contribution < 1.29 is 13.2 Å². The van der Waals surface area contributed by atoms with Gasteiger partial charge in [-0.2, -0.15) is 0 Å². The summed E-state index contributed by atoms with van der Waals surface area (Å²) in [5.41, 5.74) is 2.22. The van der Waals surface area contributed by atoms with Gasteiger partial charge in [0.05, 0.1) is 23.4 Å². The summed E-state index contributed by atoms with van der Waals surface area (Å²) in [6.07, 6.45) is 0. The lowest BCUT2D eigenvalue weighted by atomic mass is 10.2. The summed E-state index contributed by atoms with van der Waals surface area (Å²) in [5, 5.41) is 2.39. The third-order valence-electron chi connectivity index (χ3n) is 4.21. The van der Waals surface area contributed by atoms with E-state index in [1.54, 1.807) is 19.2 Å². The molecule has 6 nitrogen and oxygen atoms in total. The molecule has 0 fully saturated rings. The SMILES string of the molecule is Br.COc1ccc(/N=c2/scc(-c3cc(S(=O)(=O)N(C)C)ccc3Cl)n2C)cc1.